The van der Waals surface area contributed by atoms with Crippen molar-refractivity contribution in [3.8, 4) is 6.07 Å². The van der Waals surface area contributed by atoms with Gasteiger partial charge in [-0.2, -0.15) is 10.4 Å². The summed E-state index contributed by atoms with van der Waals surface area (Å²) in [7, 11) is 0. The number of pyridine rings is 1. The first-order chi connectivity index (χ1) is 10.7. The highest BCUT2D eigenvalue weighted by Crippen LogP contribution is 2.16. The highest BCUT2D eigenvalue weighted by Gasteiger charge is 2.23. The molecule has 0 aromatic carbocycles. The van der Waals surface area contributed by atoms with Crippen LogP contribution in [-0.2, 0) is 11.3 Å². The van der Waals surface area contributed by atoms with Gasteiger partial charge in [-0.25, -0.2) is 14.6 Å². The van der Waals surface area contributed by atoms with Crippen LogP contribution in [-0.4, -0.2) is 45.5 Å². The minimum atomic E-state index is 0.0472. The molecule has 114 valence electrons. The first-order valence-corrected chi connectivity index (χ1v) is 7.26. The predicted molar refractivity (Wildman–Crippen MR) is 80.4 cm³/mol. The van der Waals surface area contributed by atoms with Crippen LogP contribution in [0.2, 0.25) is 0 Å². The van der Waals surface area contributed by atoms with Crippen LogP contribution in [0.25, 0.3) is 0 Å². The molecule has 2 aromatic rings. The summed E-state index contributed by atoms with van der Waals surface area (Å²) in [6.07, 6.45) is 1.65. The van der Waals surface area contributed by atoms with Crippen molar-refractivity contribution in [3.05, 3.63) is 35.5 Å². The van der Waals surface area contributed by atoms with Crippen molar-refractivity contribution in [3.63, 3.8) is 0 Å². The SMILES string of the molecule is Cc1nc(C)n(CC2CN(c3ccc(C#N)cn3)CCO2)n1. The van der Waals surface area contributed by atoms with E-state index in [2.05, 4.69) is 26.0 Å². The molecule has 0 aliphatic carbocycles. The summed E-state index contributed by atoms with van der Waals surface area (Å²) in [4.78, 5) is 10.8. The number of hydrogen-bond donors (Lipinski definition) is 0. The fourth-order valence-electron chi connectivity index (χ4n) is 2.60. The number of aromatic nitrogens is 4. The standard InChI is InChI=1S/C15H18N6O/c1-11-18-12(2)21(19-11)10-14-9-20(5-6-22-14)15-4-3-13(7-16)8-17-15/h3-4,8,14H,5-6,9-10H2,1-2H3. The fourth-order valence-corrected chi connectivity index (χ4v) is 2.60. The molecule has 0 amide bonds. The molecule has 1 unspecified atom stereocenters. The summed E-state index contributed by atoms with van der Waals surface area (Å²) < 4.78 is 7.72. The smallest absolute Gasteiger partial charge is 0.147 e. The van der Waals surface area contributed by atoms with E-state index in [4.69, 9.17) is 10.00 Å². The topological polar surface area (TPSA) is 79.9 Å². The number of rotatable bonds is 3. The van der Waals surface area contributed by atoms with Crippen molar-refractivity contribution in [1.29, 1.82) is 5.26 Å². The number of nitrogens with zero attached hydrogens (tertiary/aromatic N) is 6. The molecule has 0 N–H and O–H groups in total. The Balaban J connectivity index is 1.68. The third-order valence-corrected chi connectivity index (χ3v) is 3.68. The van der Waals surface area contributed by atoms with E-state index in [-0.39, 0.29) is 6.10 Å². The molecule has 1 fully saturated rings. The van der Waals surface area contributed by atoms with Gasteiger partial charge >= 0.3 is 0 Å². The lowest BCUT2D eigenvalue weighted by atomic mass is 10.2. The van der Waals surface area contributed by atoms with Crippen molar-refractivity contribution < 1.29 is 4.74 Å². The Bertz CT molecular complexity index is 687. The van der Waals surface area contributed by atoms with E-state index in [9.17, 15) is 0 Å². The zero-order chi connectivity index (χ0) is 15.5. The number of aryl methyl sites for hydroxylation is 2. The summed E-state index contributed by atoms with van der Waals surface area (Å²) in [5.74, 6) is 2.55. The third-order valence-electron chi connectivity index (χ3n) is 3.68. The van der Waals surface area contributed by atoms with Gasteiger partial charge in [0.05, 0.1) is 24.8 Å². The largest absolute Gasteiger partial charge is 0.373 e. The Morgan fingerprint density at radius 2 is 2.27 bits per heavy atom. The Kier molecular flexibility index (Phi) is 4.02. The van der Waals surface area contributed by atoms with Crippen molar-refractivity contribution in [1.82, 2.24) is 19.7 Å². The Morgan fingerprint density at radius 3 is 2.91 bits per heavy atom. The number of hydrogen-bond acceptors (Lipinski definition) is 6. The Labute approximate surface area is 129 Å². The molecule has 1 saturated heterocycles. The maximum Gasteiger partial charge on any atom is 0.147 e. The van der Waals surface area contributed by atoms with Crippen LogP contribution in [0.5, 0.6) is 0 Å². The van der Waals surface area contributed by atoms with E-state index >= 15 is 0 Å². The van der Waals surface area contributed by atoms with E-state index in [1.807, 2.05) is 24.6 Å². The zero-order valence-electron chi connectivity index (χ0n) is 12.7. The average molecular weight is 298 g/mol. The van der Waals surface area contributed by atoms with Crippen LogP contribution in [0.4, 0.5) is 5.82 Å². The van der Waals surface area contributed by atoms with Gasteiger partial charge in [0, 0.05) is 19.3 Å². The maximum atomic E-state index is 8.83. The Morgan fingerprint density at radius 1 is 1.41 bits per heavy atom. The van der Waals surface area contributed by atoms with Gasteiger partial charge in [0.2, 0.25) is 0 Å². The minimum absolute atomic E-state index is 0.0472. The Hall–Kier alpha value is -2.46. The van der Waals surface area contributed by atoms with Gasteiger partial charge in [-0.3, -0.25) is 0 Å². The molecule has 0 bridgehead atoms. The molecule has 2 aromatic heterocycles. The van der Waals surface area contributed by atoms with E-state index in [0.717, 1.165) is 30.6 Å². The number of morpholine rings is 1. The van der Waals surface area contributed by atoms with E-state index in [1.165, 1.54) is 0 Å². The lowest BCUT2D eigenvalue weighted by molar-refractivity contribution is 0.0267. The number of nitriles is 1. The van der Waals surface area contributed by atoms with Crippen LogP contribution >= 0.6 is 0 Å². The highest BCUT2D eigenvalue weighted by atomic mass is 16.5. The van der Waals surface area contributed by atoms with Crippen molar-refractivity contribution in [2.24, 2.45) is 0 Å². The normalized spacial score (nSPS) is 18.2. The molecule has 3 heterocycles. The second kappa shape index (κ2) is 6.12. The van der Waals surface area contributed by atoms with Crippen LogP contribution in [0.1, 0.15) is 17.2 Å². The van der Waals surface area contributed by atoms with Crippen LogP contribution in [0, 0.1) is 25.2 Å². The zero-order valence-corrected chi connectivity index (χ0v) is 12.7. The van der Waals surface area contributed by atoms with Crippen molar-refractivity contribution >= 4 is 5.82 Å². The van der Waals surface area contributed by atoms with Gasteiger partial charge in [0.15, 0.2) is 0 Å². The second-order valence-electron chi connectivity index (χ2n) is 5.34. The van der Waals surface area contributed by atoms with Crippen LogP contribution < -0.4 is 4.90 Å². The number of ether oxygens (including phenoxy) is 1. The lowest BCUT2D eigenvalue weighted by Gasteiger charge is -2.33. The molecule has 7 heteroatoms. The maximum absolute atomic E-state index is 8.83. The second-order valence-corrected chi connectivity index (χ2v) is 5.34. The highest BCUT2D eigenvalue weighted by molar-refractivity contribution is 5.42. The van der Waals surface area contributed by atoms with E-state index in [0.29, 0.717) is 18.7 Å². The molecular weight excluding hydrogens is 280 g/mol. The molecule has 0 saturated carbocycles. The lowest BCUT2D eigenvalue weighted by Crippen LogP contribution is -2.44. The van der Waals surface area contributed by atoms with Crippen LogP contribution in [0.3, 0.4) is 0 Å². The van der Waals surface area contributed by atoms with Gasteiger partial charge in [0.1, 0.15) is 23.5 Å². The predicted octanol–water partition coefficient (Wildman–Crippen LogP) is 1.07. The van der Waals surface area contributed by atoms with Crippen molar-refractivity contribution in [2.45, 2.75) is 26.5 Å². The third kappa shape index (κ3) is 3.07. The molecule has 0 spiro atoms. The summed E-state index contributed by atoms with van der Waals surface area (Å²) in [5.41, 5.74) is 0.572. The van der Waals surface area contributed by atoms with Gasteiger partial charge in [-0.05, 0) is 26.0 Å². The average Bonchev–Trinajstić information content (AvgIpc) is 2.85. The molecule has 0 radical (unpaired) electrons. The molecule has 1 aliphatic heterocycles. The number of anilines is 1. The molecule has 7 nitrogen and oxygen atoms in total. The van der Waals surface area contributed by atoms with Gasteiger partial charge in [0.25, 0.3) is 0 Å². The summed E-state index contributed by atoms with van der Waals surface area (Å²) in [5, 5.41) is 13.2. The summed E-state index contributed by atoms with van der Waals surface area (Å²) >= 11 is 0. The van der Waals surface area contributed by atoms with Crippen molar-refractivity contribution in [2.75, 3.05) is 24.6 Å². The molecule has 1 atom stereocenters. The van der Waals surface area contributed by atoms with Gasteiger partial charge in [-0.15, -0.1) is 0 Å². The molecule has 22 heavy (non-hydrogen) atoms. The van der Waals surface area contributed by atoms with E-state index in [1.54, 1.807) is 12.3 Å². The van der Waals surface area contributed by atoms with Gasteiger partial charge < -0.3 is 9.64 Å². The quantitative estimate of drug-likeness (QED) is 0.843. The monoisotopic (exact) mass is 298 g/mol. The first kappa shape index (κ1) is 14.5. The van der Waals surface area contributed by atoms with E-state index < -0.39 is 0 Å². The molecule has 1 aliphatic rings. The minimum Gasteiger partial charge on any atom is -0.373 e. The molecular formula is C15H18N6O. The fraction of sp³-hybridized carbons (Fsp3) is 0.467. The summed E-state index contributed by atoms with van der Waals surface area (Å²) in [6, 6.07) is 5.75. The van der Waals surface area contributed by atoms with Crippen LogP contribution in [0.15, 0.2) is 18.3 Å². The summed E-state index contributed by atoms with van der Waals surface area (Å²) in [6.45, 7) is 6.71. The first-order valence-electron chi connectivity index (χ1n) is 7.26. The van der Waals surface area contributed by atoms with Gasteiger partial charge in [-0.1, -0.05) is 0 Å². The molecule has 3 rings (SSSR count).